The highest BCUT2D eigenvalue weighted by Gasteiger charge is 2.44. The smallest absolute Gasteiger partial charge is 0.0985 e. The van der Waals surface area contributed by atoms with E-state index in [0.717, 1.165) is 0 Å². The lowest BCUT2D eigenvalue weighted by Crippen LogP contribution is -2.37. The summed E-state index contributed by atoms with van der Waals surface area (Å²) < 4.78 is 2.53. The van der Waals surface area contributed by atoms with Crippen molar-refractivity contribution in [3.8, 4) is 22.3 Å². The van der Waals surface area contributed by atoms with Crippen LogP contribution in [0.15, 0.2) is 109 Å². The SMILES string of the molecule is S=P12c3ccccc3-c3ccccc3N1c1c(ccc3ccccc13)-c1ccccc12. The van der Waals surface area contributed by atoms with Crippen molar-refractivity contribution in [3.63, 3.8) is 0 Å². The monoisotopic (exact) mass is 431 g/mol. The largest absolute Gasteiger partial charge is 0.304 e. The Hall–Kier alpha value is -3.19. The van der Waals surface area contributed by atoms with Crippen molar-refractivity contribution >= 4 is 50.8 Å². The van der Waals surface area contributed by atoms with Gasteiger partial charge in [-0.2, -0.15) is 0 Å². The van der Waals surface area contributed by atoms with Gasteiger partial charge in [-0.25, -0.2) is 0 Å². The molecule has 1 nitrogen and oxygen atoms in total. The molecule has 0 fully saturated rings. The lowest BCUT2D eigenvalue weighted by molar-refractivity contribution is 1.40. The number of hydrogen-bond donors (Lipinski definition) is 0. The minimum atomic E-state index is -2.30. The molecule has 0 amide bonds. The molecule has 0 N–H and O–H groups in total. The molecule has 5 aromatic rings. The van der Waals surface area contributed by atoms with Crippen LogP contribution < -0.4 is 15.3 Å². The summed E-state index contributed by atoms with van der Waals surface area (Å²) in [5.74, 6) is 0. The lowest BCUT2D eigenvalue weighted by Gasteiger charge is -2.47. The molecule has 2 aliphatic heterocycles. The maximum Gasteiger partial charge on any atom is 0.0985 e. The van der Waals surface area contributed by atoms with E-state index >= 15 is 0 Å². The van der Waals surface area contributed by atoms with E-state index in [0.29, 0.717) is 0 Å². The molecular formula is C28H18NPS. The minimum Gasteiger partial charge on any atom is -0.304 e. The Morgan fingerprint density at radius 3 is 1.87 bits per heavy atom. The second-order valence-corrected chi connectivity index (χ2v) is 12.2. The topological polar surface area (TPSA) is 3.24 Å². The quantitative estimate of drug-likeness (QED) is 0.243. The van der Waals surface area contributed by atoms with Gasteiger partial charge in [-0.1, -0.05) is 115 Å². The zero-order valence-electron chi connectivity index (χ0n) is 16.7. The second-order valence-electron chi connectivity index (χ2n) is 8.12. The average molecular weight is 432 g/mol. The Bertz CT molecular complexity index is 1590. The fourth-order valence-electron chi connectivity index (χ4n) is 5.28. The first kappa shape index (κ1) is 17.5. The van der Waals surface area contributed by atoms with Gasteiger partial charge in [0.15, 0.2) is 0 Å². The molecule has 0 bridgehead atoms. The summed E-state index contributed by atoms with van der Waals surface area (Å²) in [7, 11) is 0. The van der Waals surface area contributed by atoms with Crippen LogP contribution in [-0.4, -0.2) is 0 Å². The molecule has 0 saturated carbocycles. The predicted molar refractivity (Wildman–Crippen MR) is 137 cm³/mol. The standard InChI is InChI=1S/C28H18NPS/c31-30-26-15-7-4-12-22(26)21-11-3-6-14-25(21)29(30)28-20-10-2-1-9-19(20)17-18-24(28)23-13-5-8-16-27(23)30/h1-18H. The lowest BCUT2D eigenvalue weighted by atomic mass is 9.96. The third kappa shape index (κ3) is 2.14. The highest BCUT2D eigenvalue weighted by atomic mass is 32.4. The van der Waals surface area contributed by atoms with E-state index in [2.05, 4.69) is 114 Å². The molecule has 7 rings (SSSR count). The Morgan fingerprint density at radius 2 is 1.10 bits per heavy atom. The van der Waals surface area contributed by atoms with Crippen LogP contribution in [0.2, 0.25) is 0 Å². The highest BCUT2D eigenvalue weighted by molar-refractivity contribution is 8.23. The van der Waals surface area contributed by atoms with Crippen LogP contribution in [0.3, 0.4) is 0 Å². The van der Waals surface area contributed by atoms with Gasteiger partial charge in [0.1, 0.15) is 0 Å². The third-order valence-electron chi connectivity index (χ3n) is 6.57. The van der Waals surface area contributed by atoms with Gasteiger partial charge in [-0.15, -0.1) is 0 Å². The number of anilines is 2. The summed E-state index contributed by atoms with van der Waals surface area (Å²) in [6.45, 7) is 0. The molecule has 0 spiro atoms. The molecule has 31 heavy (non-hydrogen) atoms. The highest BCUT2D eigenvalue weighted by Crippen LogP contribution is 2.66. The third-order valence-corrected chi connectivity index (χ3v) is 11.3. The van der Waals surface area contributed by atoms with Crippen molar-refractivity contribution in [1.82, 2.24) is 0 Å². The van der Waals surface area contributed by atoms with Crippen LogP contribution in [0.4, 0.5) is 11.4 Å². The van der Waals surface area contributed by atoms with Crippen molar-refractivity contribution in [2.45, 2.75) is 0 Å². The van der Waals surface area contributed by atoms with Gasteiger partial charge in [0.05, 0.1) is 17.6 Å². The van der Waals surface area contributed by atoms with Gasteiger partial charge < -0.3 is 4.67 Å². The van der Waals surface area contributed by atoms with E-state index < -0.39 is 6.19 Å². The molecule has 1 atom stereocenters. The van der Waals surface area contributed by atoms with E-state index in [4.69, 9.17) is 11.8 Å². The number of nitrogens with zero attached hydrogens (tertiary/aromatic N) is 1. The molecule has 2 heterocycles. The first-order valence-electron chi connectivity index (χ1n) is 10.5. The molecule has 0 radical (unpaired) electrons. The fourth-order valence-corrected chi connectivity index (χ4v) is 10.0. The van der Waals surface area contributed by atoms with Gasteiger partial charge in [-0.3, -0.25) is 0 Å². The molecule has 3 heteroatoms. The van der Waals surface area contributed by atoms with Crippen LogP contribution in [-0.2, 0) is 11.8 Å². The summed E-state index contributed by atoms with van der Waals surface area (Å²) in [4.78, 5) is 0. The van der Waals surface area contributed by atoms with E-state index in [-0.39, 0.29) is 0 Å². The fraction of sp³-hybridized carbons (Fsp3) is 0. The Morgan fingerprint density at radius 1 is 0.516 bits per heavy atom. The number of para-hydroxylation sites is 1. The Kier molecular flexibility index (Phi) is 3.48. The van der Waals surface area contributed by atoms with Crippen LogP contribution in [0.25, 0.3) is 33.0 Å². The van der Waals surface area contributed by atoms with Crippen LogP contribution >= 0.6 is 6.19 Å². The van der Waals surface area contributed by atoms with Gasteiger partial charge in [0.2, 0.25) is 0 Å². The minimum absolute atomic E-state index is 1.22. The van der Waals surface area contributed by atoms with E-state index in [9.17, 15) is 0 Å². The second kappa shape index (κ2) is 6.17. The molecule has 5 aromatic carbocycles. The molecule has 1 unspecified atom stereocenters. The number of hydrogen-bond acceptors (Lipinski definition) is 1. The van der Waals surface area contributed by atoms with Crippen LogP contribution in [0.1, 0.15) is 0 Å². The Labute approximate surface area is 186 Å². The van der Waals surface area contributed by atoms with Gasteiger partial charge in [0.25, 0.3) is 0 Å². The normalized spacial score (nSPS) is 17.9. The van der Waals surface area contributed by atoms with Crippen molar-refractivity contribution in [3.05, 3.63) is 109 Å². The number of fused-ring (bicyclic) bond motifs is 13. The van der Waals surface area contributed by atoms with Crippen LogP contribution in [0, 0.1) is 0 Å². The summed E-state index contributed by atoms with van der Waals surface area (Å²) in [5, 5.41) is 5.08. The molecule has 0 saturated heterocycles. The van der Waals surface area contributed by atoms with Gasteiger partial charge >= 0.3 is 0 Å². The summed E-state index contributed by atoms with van der Waals surface area (Å²) in [6.07, 6.45) is -2.30. The van der Waals surface area contributed by atoms with Gasteiger partial charge in [0, 0.05) is 27.1 Å². The van der Waals surface area contributed by atoms with E-state index in [1.807, 2.05) is 0 Å². The van der Waals surface area contributed by atoms with Crippen molar-refractivity contribution in [2.75, 3.05) is 4.67 Å². The van der Waals surface area contributed by atoms with E-state index in [1.165, 1.54) is 55.0 Å². The van der Waals surface area contributed by atoms with Crippen LogP contribution in [0.5, 0.6) is 0 Å². The number of rotatable bonds is 0. The maximum absolute atomic E-state index is 6.79. The molecule has 0 aliphatic carbocycles. The first-order valence-corrected chi connectivity index (χ1v) is 13.3. The maximum atomic E-state index is 6.79. The molecule has 2 aliphatic rings. The molecule has 0 aromatic heterocycles. The Balaban J connectivity index is 1.74. The summed E-state index contributed by atoms with van der Waals surface area (Å²) in [6, 6.07) is 39.5. The van der Waals surface area contributed by atoms with Crippen molar-refractivity contribution in [2.24, 2.45) is 0 Å². The van der Waals surface area contributed by atoms with Crippen molar-refractivity contribution in [1.29, 1.82) is 0 Å². The summed E-state index contributed by atoms with van der Waals surface area (Å²) >= 11 is 6.79. The van der Waals surface area contributed by atoms with Gasteiger partial charge in [-0.05, 0) is 22.6 Å². The zero-order valence-corrected chi connectivity index (χ0v) is 18.4. The zero-order chi connectivity index (χ0) is 20.6. The first-order chi connectivity index (χ1) is 15.3. The molecular weight excluding hydrogens is 413 g/mol. The predicted octanol–water partition coefficient (Wildman–Crippen LogP) is 6.98. The summed E-state index contributed by atoms with van der Waals surface area (Å²) in [5.41, 5.74) is 7.55. The molecule has 146 valence electrons. The average Bonchev–Trinajstić information content (AvgIpc) is 2.84. The van der Waals surface area contributed by atoms with Crippen molar-refractivity contribution < 1.29 is 0 Å². The number of benzene rings is 5. The van der Waals surface area contributed by atoms with E-state index in [1.54, 1.807) is 0 Å².